The zero-order valence-corrected chi connectivity index (χ0v) is 10.1. The number of carbonyl (C=O) groups is 1. The Labute approximate surface area is 101 Å². The van der Waals surface area contributed by atoms with Gasteiger partial charge in [0.1, 0.15) is 5.75 Å². The van der Waals surface area contributed by atoms with Crippen molar-refractivity contribution >= 4 is 11.6 Å². The number of amides is 1. The maximum atomic E-state index is 11.9. The molecule has 0 aliphatic carbocycles. The Balaban J connectivity index is 2.00. The predicted octanol–water partition coefficient (Wildman–Crippen LogP) is 2.06. The second-order valence-electron chi connectivity index (χ2n) is 4.57. The Hall–Kier alpha value is -1.55. The van der Waals surface area contributed by atoms with E-state index in [1.54, 1.807) is 18.2 Å². The molecule has 0 aromatic heterocycles. The molecule has 1 aromatic rings. The van der Waals surface area contributed by atoms with E-state index in [0.29, 0.717) is 12.3 Å². The molecule has 0 spiro atoms. The first-order chi connectivity index (χ1) is 8.06. The molecule has 4 nitrogen and oxygen atoms in total. The molecule has 1 fully saturated rings. The summed E-state index contributed by atoms with van der Waals surface area (Å²) in [5.41, 5.74) is 1.42. The summed E-state index contributed by atoms with van der Waals surface area (Å²) in [4.78, 5) is 11.9. The van der Waals surface area contributed by atoms with Crippen molar-refractivity contribution < 1.29 is 14.6 Å². The standard InChI is InChI=1S/C13H17NO3/c1-8-3-4-11(6-12(8)15)14-13(16)10-5-9(2)17-7-10/h3-4,6,9-10,15H,5,7H2,1-2H3,(H,14,16). The molecule has 1 aliphatic heterocycles. The molecule has 2 N–H and O–H groups in total. The van der Waals surface area contributed by atoms with Crippen molar-refractivity contribution in [3.8, 4) is 5.75 Å². The highest BCUT2D eigenvalue weighted by Gasteiger charge is 2.28. The summed E-state index contributed by atoms with van der Waals surface area (Å²) in [6.45, 7) is 4.25. The summed E-state index contributed by atoms with van der Waals surface area (Å²) >= 11 is 0. The van der Waals surface area contributed by atoms with Gasteiger partial charge in [0.05, 0.1) is 18.6 Å². The fraction of sp³-hybridized carbons (Fsp3) is 0.462. The minimum absolute atomic E-state index is 0.0439. The number of anilines is 1. The maximum Gasteiger partial charge on any atom is 0.229 e. The average molecular weight is 235 g/mol. The van der Waals surface area contributed by atoms with Gasteiger partial charge in [0.15, 0.2) is 0 Å². The van der Waals surface area contributed by atoms with Crippen LogP contribution >= 0.6 is 0 Å². The lowest BCUT2D eigenvalue weighted by Gasteiger charge is -2.10. The van der Waals surface area contributed by atoms with Gasteiger partial charge in [-0.25, -0.2) is 0 Å². The number of ether oxygens (including phenoxy) is 1. The van der Waals surface area contributed by atoms with E-state index in [4.69, 9.17) is 4.74 Å². The van der Waals surface area contributed by atoms with Crippen molar-refractivity contribution in [1.82, 2.24) is 0 Å². The van der Waals surface area contributed by atoms with Crippen molar-refractivity contribution in [2.24, 2.45) is 5.92 Å². The third-order valence-electron chi connectivity index (χ3n) is 3.05. The summed E-state index contributed by atoms with van der Waals surface area (Å²) in [5, 5.41) is 12.3. The van der Waals surface area contributed by atoms with Crippen molar-refractivity contribution in [1.29, 1.82) is 0 Å². The molecule has 17 heavy (non-hydrogen) atoms. The first kappa shape index (κ1) is 11.9. The fourth-order valence-corrected chi connectivity index (χ4v) is 1.93. The molecule has 0 radical (unpaired) electrons. The third-order valence-corrected chi connectivity index (χ3v) is 3.05. The molecule has 2 atom stereocenters. The lowest BCUT2D eigenvalue weighted by Crippen LogP contribution is -2.22. The zero-order valence-electron chi connectivity index (χ0n) is 10.1. The van der Waals surface area contributed by atoms with Crippen LogP contribution in [0.15, 0.2) is 18.2 Å². The Morgan fingerprint density at radius 2 is 2.29 bits per heavy atom. The van der Waals surface area contributed by atoms with Crippen molar-refractivity contribution in [3.05, 3.63) is 23.8 Å². The lowest BCUT2D eigenvalue weighted by molar-refractivity contribution is -0.119. The van der Waals surface area contributed by atoms with Crippen molar-refractivity contribution in [2.45, 2.75) is 26.4 Å². The Morgan fingerprint density at radius 3 is 2.88 bits per heavy atom. The SMILES string of the molecule is Cc1ccc(NC(=O)C2COC(C)C2)cc1O. The Bertz CT molecular complexity index is 431. The van der Waals surface area contributed by atoms with Crippen LogP contribution < -0.4 is 5.32 Å². The highest BCUT2D eigenvalue weighted by atomic mass is 16.5. The van der Waals surface area contributed by atoms with Gasteiger partial charge in [0.2, 0.25) is 5.91 Å². The van der Waals surface area contributed by atoms with Gasteiger partial charge in [-0.15, -0.1) is 0 Å². The van der Waals surface area contributed by atoms with Gasteiger partial charge in [-0.2, -0.15) is 0 Å². The van der Waals surface area contributed by atoms with Gasteiger partial charge in [-0.1, -0.05) is 6.07 Å². The quantitative estimate of drug-likeness (QED) is 0.825. The summed E-state index contributed by atoms with van der Waals surface area (Å²) in [5.74, 6) is 0.0601. The summed E-state index contributed by atoms with van der Waals surface area (Å²) in [6, 6.07) is 5.12. The van der Waals surface area contributed by atoms with E-state index in [-0.39, 0.29) is 23.7 Å². The topological polar surface area (TPSA) is 58.6 Å². The van der Waals surface area contributed by atoms with Crippen LogP contribution in [0.2, 0.25) is 0 Å². The molecule has 1 amide bonds. The van der Waals surface area contributed by atoms with E-state index in [9.17, 15) is 9.90 Å². The second kappa shape index (κ2) is 4.75. The lowest BCUT2D eigenvalue weighted by atomic mass is 10.1. The van der Waals surface area contributed by atoms with Gasteiger partial charge in [0, 0.05) is 11.8 Å². The number of rotatable bonds is 2. The van der Waals surface area contributed by atoms with Crippen molar-refractivity contribution in [2.75, 3.05) is 11.9 Å². The molecule has 1 heterocycles. The van der Waals surface area contributed by atoms with E-state index in [0.717, 1.165) is 12.0 Å². The summed E-state index contributed by atoms with van der Waals surface area (Å²) < 4.78 is 5.36. The van der Waals surface area contributed by atoms with Gasteiger partial charge < -0.3 is 15.2 Å². The molecule has 1 aliphatic rings. The first-order valence-electron chi connectivity index (χ1n) is 5.78. The smallest absolute Gasteiger partial charge is 0.229 e. The molecule has 4 heteroatoms. The molecular weight excluding hydrogens is 218 g/mol. The number of hydrogen-bond donors (Lipinski definition) is 2. The monoisotopic (exact) mass is 235 g/mol. The van der Waals surface area contributed by atoms with E-state index in [1.807, 2.05) is 13.8 Å². The largest absolute Gasteiger partial charge is 0.508 e. The van der Waals surface area contributed by atoms with Crippen LogP contribution in [0.5, 0.6) is 5.75 Å². The van der Waals surface area contributed by atoms with E-state index in [2.05, 4.69) is 5.32 Å². The molecule has 92 valence electrons. The van der Waals surface area contributed by atoms with E-state index in [1.165, 1.54) is 0 Å². The molecule has 1 saturated heterocycles. The molecule has 0 bridgehead atoms. The normalized spacial score (nSPS) is 23.6. The van der Waals surface area contributed by atoms with Gasteiger partial charge >= 0.3 is 0 Å². The van der Waals surface area contributed by atoms with Crippen LogP contribution in [-0.4, -0.2) is 23.7 Å². The fourth-order valence-electron chi connectivity index (χ4n) is 1.93. The number of nitrogens with one attached hydrogen (secondary N) is 1. The Morgan fingerprint density at radius 1 is 1.53 bits per heavy atom. The maximum absolute atomic E-state index is 11.9. The summed E-state index contributed by atoms with van der Waals surface area (Å²) in [7, 11) is 0. The zero-order chi connectivity index (χ0) is 12.4. The van der Waals surface area contributed by atoms with Crippen LogP contribution in [0, 0.1) is 12.8 Å². The second-order valence-corrected chi connectivity index (χ2v) is 4.57. The van der Waals surface area contributed by atoms with E-state index >= 15 is 0 Å². The number of phenolic OH excluding ortho intramolecular Hbond substituents is 1. The molecule has 1 aromatic carbocycles. The van der Waals surface area contributed by atoms with Gasteiger partial charge in [-0.05, 0) is 31.9 Å². The predicted molar refractivity (Wildman–Crippen MR) is 65.0 cm³/mol. The van der Waals surface area contributed by atoms with Crippen molar-refractivity contribution in [3.63, 3.8) is 0 Å². The number of carbonyl (C=O) groups excluding carboxylic acids is 1. The van der Waals surface area contributed by atoms with Crippen LogP contribution in [0.3, 0.4) is 0 Å². The number of phenols is 1. The van der Waals surface area contributed by atoms with Gasteiger partial charge in [-0.3, -0.25) is 4.79 Å². The van der Waals surface area contributed by atoms with E-state index < -0.39 is 0 Å². The number of aryl methyl sites for hydroxylation is 1. The number of aromatic hydroxyl groups is 1. The first-order valence-corrected chi connectivity index (χ1v) is 5.78. The molecular formula is C13H17NO3. The summed E-state index contributed by atoms with van der Waals surface area (Å²) in [6.07, 6.45) is 0.904. The third kappa shape index (κ3) is 2.77. The molecule has 0 saturated carbocycles. The molecule has 2 rings (SSSR count). The van der Waals surface area contributed by atoms with Crippen LogP contribution in [-0.2, 0) is 9.53 Å². The van der Waals surface area contributed by atoms with Crippen LogP contribution in [0.1, 0.15) is 18.9 Å². The average Bonchev–Trinajstić information content (AvgIpc) is 2.70. The highest BCUT2D eigenvalue weighted by molar-refractivity contribution is 5.93. The van der Waals surface area contributed by atoms with Gasteiger partial charge in [0.25, 0.3) is 0 Å². The van der Waals surface area contributed by atoms with Crippen LogP contribution in [0.4, 0.5) is 5.69 Å². The minimum atomic E-state index is -0.0894. The highest BCUT2D eigenvalue weighted by Crippen LogP contribution is 2.24. The van der Waals surface area contributed by atoms with Crippen LogP contribution in [0.25, 0.3) is 0 Å². The Kier molecular flexibility index (Phi) is 3.33. The number of hydrogen-bond acceptors (Lipinski definition) is 3. The minimum Gasteiger partial charge on any atom is -0.508 e. The molecule has 2 unspecified atom stereocenters. The number of benzene rings is 1.